The second-order valence-electron chi connectivity index (χ2n) is 6.49. The fraction of sp³-hybridized carbons (Fsp3) is 0.278. The lowest BCUT2D eigenvalue weighted by Crippen LogP contribution is -2.99. The van der Waals surface area contributed by atoms with Gasteiger partial charge in [0.15, 0.2) is 5.69 Å². The maximum atomic E-state index is 11.5. The Labute approximate surface area is 155 Å². The Kier molecular flexibility index (Phi) is 4.92. The number of para-hydroxylation sites is 1. The van der Waals surface area contributed by atoms with Gasteiger partial charge in [0.2, 0.25) is 11.7 Å². The summed E-state index contributed by atoms with van der Waals surface area (Å²) in [5.74, 6) is 0.867. The van der Waals surface area contributed by atoms with E-state index in [1.54, 1.807) is 48.8 Å². The highest BCUT2D eigenvalue weighted by Gasteiger charge is 2.36. The Hall–Kier alpha value is -2.69. The molecule has 0 bridgehead atoms. The highest BCUT2D eigenvalue weighted by molar-refractivity contribution is 5.52. The van der Waals surface area contributed by atoms with Crippen molar-refractivity contribution in [1.29, 1.82) is 0 Å². The molecule has 9 heteroatoms. The molecule has 3 heterocycles. The van der Waals surface area contributed by atoms with Gasteiger partial charge in [0.25, 0.3) is 0 Å². The molecule has 4 rings (SSSR count). The summed E-state index contributed by atoms with van der Waals surface area (Å²) in [5, 5.41) is 34.1. The third-order valence-corrected chi connectivity index (χ3v) is 4.67. The zero-order valence-electron chi connectivity index (χ0n) is 14.4. The van der Waals surface area contributed by atoms with E-state index >= 15 is 0 Å². The van der Waals surface area contributed by atoms with Crippen LogP contribution in [0.5, 0.6) is 0 Å². The summed E-state index contributed by atoms with van der Waals surface area (Å²) >= 11 is 0. The molecule has 27 heavy (non-hydrogen) atoms. The largest absolute Gasteiger partial charge is 0.595 e. The molecule has 0 amide bonds. The number of hydrogen-bond acceptors (Lipinski definition) is 8. The standard InChI is InChI=1S/C18H19N5O4/c24-14-9-16(18-20-17(21-27-18)12-5-7-19-8-6-12)22(11-14)10-13-3-1-2-4-15(13)23(25)26/h1-8,14,16,23-25H,9-11H2/t14-,16+/m1/s1. The summed E-state index contributed by atoms with van der Waals surface area (Å²) in [6, 6.07) is 10.2. The summed E-state index contributed by atoms with van der Waals surface area (Å²) in [7, 11) is 0. The second kappa shape index (κ2) is 7.51. The fourth-order valence-electron chi connectivity index (χ4n) is 3.39. The quantitative estimate of drug-likeness (QED) is 0.566. The zero-order chi connectivity index (χ0) is 18.8. The van der Waals surface area contributed by atoms with E-state index in [9.17, 15) is 15.5 Å². The first kappa shape index (κ1) is 17.7. The van der Waals surface area contributed by atoms with Gasteiger partial charge in [0.1, 0.15) is 0 Å². The van der Waals surface area contributed by atoms with E-state index in [1.807, 2.05) is 4.90 Å². The van der Waals surface area contributed by atoms with Crippen LogP contribution in [0.4, 0.5) is 5.69 Å². The molecule has 1 aliphatic heterocycles. The van der Waals surface area contributed by atoms with Crippen LogP contribution < -0.4 is 5.23 Å². The number of pyridine rings is 1. The lowest BCUT2D eigenvalue weighted by molar-refractivity contribution is -0.991. The molecule has 0 spiro atoms. The number of likely N-dealkylation sites (tertiary alicyclic amines) is 1. The molecule has 1 unspecified atom stereocenters. The second-order valence-corrected chi connectivity index (χ2v) is 6.49. The van der Waals surface area contributed by atoms with Crippen molar-refractivity contribution in [2.45, 2.75) is 25.1 Å². The average Bonchev–Trinajstić information content (AvgIpc) is 3.29. The Balaban J connectivity index is 1.58. The Morgan fingerprint density at radius 3 is 2.78 bits per heavy atom. The number of aliphatic hydroxyl groups is 1. The normalized spacial score (nSPS) is 21.4. The number of nitrogens with zero attached hydrogens (tertiary/aromatic N) is 4. The van der Waals surface area contributed by atoms with Crippen molar-refractivity contribution in [3.05, 3.63) is 65.5 Å². The maximum Gasteiger partial charge on any atom is 0.244 e. The van der Waals surface area contributed by atoms with Gasteiger partial charge in [-0.15, -0.1) is 0 Å². The molecule has 2 aromatic heterocycles. The number of quaternary nitrogens is 1. The molecule has 1 saturated heterocycles. The van der Waals surface area contributed by atoms with Gasteiger partial charge in [-0.2, -0.15) is 10.2 Å². The van der Waals surface area contributed by atoms with E-state index in [1.165, 1.54) is 0 Å². The molecule has 9 nitrogen and oxygen atoms in total. The molecule has 3 atom stereocenters. The minimum Gasteiger partial charge on any atom is -0.595 e. The number of nitrogens with one attached hydrogen (secondary N) is 1. The van der Waals surface area contributed by atoms with Gasteiger partial charge in [0, 0.05) is 42.7 Å². The maximum absolute atomic E-state index is 11.5. The summed E-state index contributed by atoms with van der Waals surface area (Å²) in [6.07, 6.45) is 3.22. The van der Waals surface area contributed by atoms with Crippen LogP contribution >= 0.6 is 0 Å². The number of benzene rings is 1. The van der Waals surface area contributed by atoms with Crippen molar-refractivity contribution >= 4 is 5.69 Å². The number of rotatable bonds is 5. The molecule has 0 radical (unpaired) electrons. The van der Waals surface area contributed by atoms with Crippen molar-refractivity contribution in [3.8, 4) is 11.4 Å². The first-order chi connectivity index (χ1) is 13.1. The van der Waals surface area contributed by atoms with E-state index in [2.05, 4.69) is 15.1 Å². The van der Waals surface area contributed by atoms with Crippen LogP contribution in [0.2, 0.25) is 0 Å². The molecule has 0 aliphatic carbocycles. The first-order valence-electron chi connectivity index (χ1n) is 8.59. The van der Waals surface area contributed by atoms with Gasteiger partial charge in [-0.05, 0) is 18.6 Å². The zero-order valence-corrected chi connectivity index (χ0v) is 14.4. The predicted octanol–water partition coefficient (Wildman–Crippen LogP) is 0.843. The van der Waals surface area contributed by atoms with Crippen molar-refractivity contribution in [1.82, 2.24) is 20.0 Å². The van der Waals surface area contributed by atoms with Crippen molar-refractivity contribution in [2.24, 2.45) is 0 Å². The lowest BCUT2D eigenvalue weighted by Gasteiger charge is -2.23. The van der Waals surface area contributed by atoms with Gasteiger partial charge in [-0.25, -0.2) is 5.21 Å². The van der Waals surface area contributed by atoms with Gasteiger partial charge in [0.05, 0.1) is 12.1 Å². The van der Waals surface area contributed by atoms with Gasteiger partial charge in [-0.1, -0.05) is 23.4 Å². The Morgan fingerprint density at radius 1 is 1.22 bits per heavy atom. The minimum atomic E-state index is -0.973. The van der Waals surface area contributed by atoms with Crippen LogP contribution in [0.3, 0.4) is 0 Å². The molecular weight excluding hydrogens is 350 g/mol. The third kappa shape index (κ3) is 3.72. The van der Waals surface area contributed by atoms with E-state index in [4.69, 9.17) is 4.52 Å². The van der Waals surface area contributed by atoms with Crippen molar-refractivity contribution < 1.29 is 20.1 Å². The van der Waals surface area contributed by atoms with Crippen LogP contribution in [0, 0.1) is 5.21 Å². The Bertz CT molecular complexity index is 902. The van der Waals surface area contributed by atoms with Crippen LogP contribution in [-0.2, 0) is 6.54 Å². The summed E-state index contributed by atoms with van der Waals surface area (Å²) in [6.45, 7) is 0.781. The molecule has 3 aromatic rings. The SMILES string of the molecule is [O-][NH+](O)c1ccccc1CN1C[C@H](O)C[C@H]1c1nc(-c2ccncc2)no1. The third-order valence-electron chi connectivity index (χ3n) is 4.67. The first-order valence-corrected chi connectivity index (χ1v) is 8.59. The topological polar surface area (TPSA) is 123 Å². The van der Waals surface area contributed by atoms with E-state index in [0.29, 0.717) is 36.8 Å². The molecular formula is C18H19N5O4. The van der Waals surface area contributed by atoms with Crippen molar-refractivity contribution in [2.75, 3.05) is 6.54 Å². The minimum absolute atomic E-state index is 0.251. The molecule has 0 saturated carbocycles. The van der Waals surface area contributed by atoms with Crippen LogP contribution in [0.15, 0.2) is 53.3 Å². The molecule has 3 N–H and O–H groups in total. The Morgan fingerprint density at radius 2 is 2.00 bits per heavy atom. The lowest BCUT2D eigenvalue weighted by atomic mass is 10.1. The van der Waals surface area contributed by atoms with Gasteiger partial charge >= 0.3 is 0 Å². The monoisotopic (exact) mass is 369 g/mol. The smallest absolute Gasteiger partial charge is 0.244 e. The van der Waals surface area contributed by atoms with Gasteiger partial charge < -0.3 is 14.8 Å². The number of aromatic nitrogens is 3. The molecule has 1 aliphatic rings. The summed E-state index contributed by atoms with van der Waals surface area (Å²) in [5.41, 5.74) is 1.72. The summed E-state index contributed by atoms with van der Waals surface area (Å²) in [4.78, 5) is 10.4. The van der Waals surface area contributed by atoms with E-state index < -0.39 is 11.3 Å². The highest BCUT2D eigenvalue weighted by Crippen LogP contribution is 2.34. The van der Waals surface area contributed by atoms with Crippen LogP contribution in [0.25, 0.3) is 11.4 Å². The van der Waals surface area contributed by atoms with Crippen molar-refractivity contribution in [3.63, 3.8) is 0 Å². The van der Waals surface area contributed by atoms with Gasteiger partial charge in [-0.3, -0.25) is 9.88 Å². The fourth-order valence-corrected chi connectivity index (χ4v) is 3.39. The van der Waals surface area contributed by atoms with E-state index in [0.717, 1.165) is 5.56 Å². The molecule has 1 aromatic carbocycles. The summed E-state index contributed by atoms with van der Waals surface area (Å²) < 4.78 is 5.45. The van der Waals surface area contributed by atoms with Crippen LogP contribution in [-0.4, -0.2) is 43.0 Å². The van der Waals surface area contributed by atoms with Crippen LogP contribution in [0.1, 0.15) is 23.9 Å². The predicted molar refractivity (Wildman–Crippen MR) is 93.5 cm³/mol. The average molecular weight is 369 g/mol. The van der Waals surface area contributed by atoms with E-state index in [-0.39, 0.29) is 11.7 Å². The number of aliphatic hydroxyl groups excluding tert-OH is 1. The molecule has 140 valence electrons. The number of hydrogen-bond donors (Lipinski definition) is 3. The highest BCUT2D eigenvalue weighted by atomic mass is 16.8. The number of β-amino-alcohol motifs (C(OH)–C–C–N with tert-alkyl or cyclic N) is 1. The molecule has 1 fully saturated rings.